The topological polar surface area (TPSA) is 103 Å². The maximum atomic E-state index is 9.49. The Bertz CT molecular complexity index is 874. The summed E-state index contributed by atoms with van der Waals surface area (Å²) in [5.41, 5.74) is 2.50. The van der Waals surface area contributed by atoms with Gasteiger partial charge in [-0.05, 0) is 36.6 Å². The van der Waals surface area contributed by atoms with E-state index in [2.05, 4.69) is 42.6 Å². The summed E-state index contributed by atoms with van der Waals surface area (Å²) >= 11 is 9.69. The minimum absolute atomic E-state index is 0.0809. The summed E-state index contributed by atoms with van der Waals surface area (Å²) in [5.74, 6) is 0.640. The second-order valence-electron chi connectivity index (χ2n) is 6.29. The molecule has 142 valence electrons. The lowest BCUT2D eigenvalue weighted by molar-refractivity contribution is 0.0698. The van der Waals surface area contributed by atoms with Crippen LogP contribution in [0.15, 0.2) is 22.8 Å². The predicted octanol–water partition coefficient (Wildman–Crippen LogP) is 3.78. The van der Waals surface area contributed by atoms with Gasteiger partial charge in [-0.2, -0.15) is 10.2 Å². The third-order valence-electron chi connectivity index (χ3n) is 4.34. The lowest BCUT2D eigenvalue weighted by atomic mass is 9.96. The number of aromatic nitrogens is 2. The molecule has 1 aromatic carbocycles. The molecule has 0 radical (unpaired) electrons. The fourth-order valence-corrected chi connectivity index (χ4v) is 3.40. The summed E-state index contributed by atoms with van der Waals surface area (Å²) in [6.45, 7) is 2.86. The summed E-state index contributed by atoms with van der Waals surface area (Å²) in [4.78, 5) is 8.64. The molecule has 1 fully saturated rings. The van der Waals surface area contributed by atoms with Gasteiger partial charge in [0.25, 0.3) is 0 Å². The second kappa shape index (κ2) is 8.85. The van der Waals surface area contributed by atoms with Crippen LogP contribution in [0.4, 0.5) is 17.5 Å². The molecule has 27 heavy (non-hydrogen) atoms. The largest absolute Gasteiger partial charge is 0.392 e. The van der Waals surface area contributed by atoms with E-state index in [1.165, 1.54) is 6.20 Å². The van der Waals surface area contributed by atoms with Crippen molar-refractivity contribution in [3.05, 3.63) is 39.0 Å². The summed E-state index contributed by atoms with van der Waals surface area (Å²) in [5, 5.41) is 25.5. The van der Waals surface area contributed by atoms with Crippen molar-refractivity contribution in [2.24, 2.45) is 5.92 Å². The van der Waals surface area contributed by atoms with Gasteiger partial charge in [0.05, 0.1) is 37.4 Å². The predicted molar refractivity (Wildman–Crippen MR) is 107 cm³/mol. The zero-order valence-electron chi connectivity index (χ0n) is 14.7. The van der Waals surface area contributed by atoms with Crippen LogP contribution in [-0.2, 0) is 11.3 Å². The Labute approximate surface area is 170 Å². The van der Waals surface area contributed by atoms with Crippen LogP contribution in [0.5, 0.6) is 0 Å². The first-order valence-corrected chi connectivity index (χ1v) is 9.62. The van der Waals surface area contributed by atoms with Crippen LogP contribution in [0.2, 0.25) is 5.02 Å². The van der Waals surface area contributed by atoms with E-state index in [0.717, 1.165) is 21.3 Å². The normalized spacial score (nSPS) is 19.4. The molecule has 2 atom stereocenters. The summed E-state index contributed by atoms with van der Waals surface area (Å²) in [7, 11) is 0. The zero-order chi connectivity index (χ0) is 19.4. The van der Waals surface area contributed by atoms with Crippen molar-refractivity contribution in [2.45, 2.75) is 26.0 Å². The number of aliphatic hydroxyl groups is 1. The molecule has 3 N–H and O–H groups in total. The van der Waals surface area contributed by atoms with Gasteiger partial charge in [-0.25, -0.2) is 4.98 Å². The van der Waals surface area contributed by atoms with Crippen LogP contribution >= 0.6 is 27.5 Å². The molecule has 0 unspecified atom stereocenters. The van der Waals surface area contributed by atoms with Crippen LogP contribution in [0, 0.1) is 24.2 Å². The van der Waals surface area contributed by atoms with Crippen molar-refractivity contribution in [3.8, 4) is 6.07 Å². The molecule has 1 aliphatic heterocycles. The van der Waals surface area contributed by atoms with E-state index in [-0.39, 0.29) is 18.6 Å². The lowest BCUT2D eigenvalue weighted by Gasteiger charge is -2.28. The van der Waals surface area contributed by atoms with E-state index in [1.807, 2.05) is 19.1 Å². The number of nitrogens with one attached hydrogen (secondary N) is 2. The van der Waals surface area contributed by atoms with E-state index >= 15 is 0 Å². The average Bonchev–Trinajstić information content (AvgIpc) is 2.67. The average molecular weight is 453 g/mol. The Hall–Kier alpha value is -1.92. The fraction of sp³-hybridized carbons (Fsp3) is 0.389. The van der Waals surface area contributed by atoms with Gasteiger partial charge in [0.15, 0.2) is 5.82 Å². The molecular formula is C18H19BrClN5O2. The highest BCUT2D eigenvalue weighted by molar-refractivity contribution is 9.10. The monoisotopic (exact) mass is 451 g/mol. The maximum Gasteiger partial charge on any atom is 0.229 e. The molecule has 0 bridgehead atoms. The minimum atomic E-state index is -0.181. The maximum absolute atomic E-state index is 9.49. The molecule has 1 aliphatic rings. The standard InChI is InChI=1S/C18H19BrClN5O2/c1-10-4-13(5-12(8-26)16(10)19)23-18-22-7-14(20)17(25-18)24-15-9-27-3-2-11(15)6-21/h4-5,7,11,15,26H,2-3,8-9H2,1H3,(H2,22,23,24,25)/t11-,15+/m0/s1. The van der Waals surface area contributed by atoms with Crippen LogP contribution in [0.25, 0.3) is 0 Å². The summed E-state index contributed by atoms with van der Waals surface area (Å²) < 4.78 is 6.33. The highest BCUT2D eigenvalue weighted by Crippen LogP contribution is 2.29. The molecule has 9 heteroatoms. The molecule has 0 saturated carbocycles. The van der Waals surface area contributed by atoms with E-state index in [0.29, 0.717) is 36.4 Å². The number of hydrogen-bond donors (Lipinski definition) is 3. The Balaban J connectivity index is 1.81. The molecule has 0 spiro atoms. The van der Waals surface area contributed by atoms with Crippen LogP contribution < -0.4 is 10.6 Å². The summed E-state index contributed by atoms with van der Waals surface area (Å²) in [6, 6.07) is 5.87. The van der Waals surface area contributed by atoms with Gasteiger partial charge >= 0.3 is 0 Å². The van der Waals surface area contributed by atoms with E-state index in [9.17, 15) is 10.4 Å². The van der Waals surface area contributed by atoms with Gasteiger partial charge in [0.2, 0.25) is 5.95 Å². The molecule has 2 heterocycles. The first kappa shape index (κ1) is 19.8. The number of nitrogens with zero attached hydrogens (tertiary/aromatic N) is 3. The van der Waals surface area contributed by atoms with Gasteiger partial charge in [-0.1, -0.05) is 27.5 Å². The molecular weight excluding hydrogens is 434 g/mol. The second-order valence-corrected chi connectivity index (χ2v) is 7.49. The Kier molecular flexibility index (Phi) is 6.50. The van der Waals surface area contributed by atoms with Crippen molar-refractivity contribution in [1.29, 1.82) is 5.26 Å². The quantitative estimate of drug-likeness (QED) is 0.634. The van der Waals surface area contributed by atoms with Gasteiger partial charge in [-0.15, -0.1) is 0 Å². The number of anilines is 3. The Morgan fingerprint density at radius 3 is 3.04 bits per heavy atom. The molecule has 1 aromatic heterocycles. The summed E-state index contributed by atoms with van der Waals surface area (Å²) in [6.07, 6.45) is 2.17. The SMILES string of the molecule is Cc1cc(Nc2ncc(Cl)c(N[C@@H]3COCC[C@H]3C#N)n2)cc(CO)c1Br. The number of hydrogen-bond acceptors (Lipinski definition) is 7. The smallest absolute Gasteiger partial charge is 0.229 e. The first-order valence-electron chi connectivity index (χ1n) is 8.45. The van der Waals surface area contributed by atoms with Gasteiger partial charge in [0.1, 0.15) is 5.02 Å². The number of halogens is 2. The van der Waals surface area contributed by atoms with Gasteiger partial charge in [0, 0.05) is 16.8 Å². The van der Waals surface area contributed by atoms with Crippen molar-refractivity contribution in [1.82, 2.24) is 9.97 Å². The van der Waals surface area contributed by atoms with Crippen molar-refractivity contribution in [2.75, 3.05) is 23.8 Å². The molecule has 7 nitrogen and oxygen atoms in total. The van der Waals surface area contributed by atoms with E-state index in [4.69, 9.17) is 16.3 Å². The Morgan fingerprint density at radius 2 is 2.30 bits per heavy atom. The fourth-order valence-electron chi connectivity index (χ4n) is 2.90. The van der Waals surface area contributed by atoms with Crippen LogP contribution in [0.3, 0.4) is 0 Å². The lowest BCUT2D eigenvalue weighted by Crippen LogP contribution is -2.38. The van der Waals surface area contributed by atoms with Crippen molar-refractivity contribution in [3.63, 3.8) is 0 Å². The zero-order valence-corrected chi connectivity index (χ0v) is 17.0. The Morgan fingerprint density at radius 1 is 1.48 bits per heavy atom. The van der Waals surface area contributed by atoms with Crippen LogP contribution in [0.1, 0.15) is 17.5 Å². The molecule has 0 amide bonds. The van der Waals surface area contributed by atoms with E-state index in [1.54, 1.807) is 0 Å². The number of nitriles is 1. The number of benzene rings is 1. The van der Waals surface area contributed by atoms with E-state index < -0.39 is 0 Å². The number of rotatable bonds is 5. The first-order chi connectivity index (χ1) is 13.0. The van der Waals surface area contributed by atoms with Crippen molar-refractivity contribution < 1.29 is 9.84 Å². The van der Waals surface area contributed by atoms with Crippen LogP contribution in [-0.4, -0.2) is 34.3 Å². The molecule has 3 rings (SSSR count). The van der Waals surface area contributed by atoms with Crippen molar-refractivity contribution >= 4 is 45.0 Å². The number of ether oxygens (including phenoxy) is 1. The molecule has 2 aromatic rings. The third-order valence-corrected chi connectivity index (χ3v) is 5.76. The molecule has 1 saturated heterocycles. The number of aryl methyl sites for hydroxylation is 1. The van der Waals surface area contributed by atoms with Gasteiger partial charge < -0.3 is 20.5 Å². The highest BCUT2D eigenvalue weighted by atomic mass is 79.9. The highest BCUT2D eigenvalue weighted by Gasteiger charge is 2.26. The third kappa shape index (κ3) is 4.68. The van der Waals surface area contributed by atoms with Gasteiger partial charge in [-0.3, -0.25) is 0 Å². The molecule has 0 aliphatic carbocycles. The number of aliphatic hydroxyl groups excluding tert-OH is 1. The minimum Gasteiger partial charge on any atom is -0.392 e.